The summed E-state index contributed by atoms with van der Waals surface area (Å²) < 4.78 is 6.97. The predicted molar refractivity (Wildman–Crippen MR) is 71.3 cm³/mol. The van der Waals surface area contributed by atoms with Crippen LogP contribution in [-0.2, 0) is 16.1 Å². The van der Waals surface area contributed by atoms with Gasteiger partial charge in [-0.2, -0.15) is 0 Å². The van der Waals surface area contributed by atoms with Crippen LogP contribution in [0.4, 0.5) is 0 Å². The molecule has 7 nitrogen and oxygen atoms in total. The average Bonchev–Trinajstić information content (AvgIpc) is 2.89. The van der Waals surface area contributed by atoms with Crippen molar-refractivity contribution in [1.82, 2.24) is 20.2 Å². The summed E-state index contributed by atoms with van der Waals surface area (Å²) in [6.45, 7) is 5.47. The minimum Gasteiger partial charge on any atom is -0.481 e. The molecule has 2 heterocycles. The lowest BCUT2D eigenvalue weighted by Gasteiger charge is -2.33. The standard InChI is InChI=1S/C13H22N4O3/c1-3-10(4-2)11-14-15-16-17(11)9-13(12(18)19)5-7-20-8-6-13/h10H,3-9H2,1-2H3,(H,18,19). The van der Waals surface area contributed by atoms with Crippen molar-refractivity contribution in [2.24, 2.45) is 5.41 Å². The lowest BCUT2D eigenvalue weighted by Crippen LogP contribution is -2.41. The van der Waals surface area contributed by atoms with Gasteiger partial charge in [-0.15, -0.1) is 5.10 Å². The molecular formula is C13H22N4O3. The molecule has 1 saturated heterocycles. The van der Waals surface area contributed by atoms with E-state index in [9.17, 15) is 9.90 Å². The Morgan fingerprint density at radius 2 is 2.05 bits per heavy atom. The molecule has 0 unspecified atom stereocenters. The fourth-order valence-corrected chi connectivity index (χ4v) is 2.76. The number of nitrogens with zero attached hydrogens (tertiary/aromatic N) is 4. The Hall–Kier alpha value is -1.50. The Bertz CT molecular complexity index is 450. The maximum absolute atomic E-state index is 11.7. The van der Waals surface area contributed by atoms with Crippen LogP contribution in [0.5, 0.6) is 0 Å². The quantitative estimate of drug-likeness (QED) is 0.849. The van der Waals surface area contributed by atoms with E-state index in [2.05, 4.69) is 29.4 Å². The van der Waals surface area contributed by atoms with E-state index in [1.54, 1.807) is 4.68 Å². The molecule has 20 heavy (non-hydrogen) atoms. The maximum Gasteiger partial charge on any atom is 0.311 e. The summed E-state index contributed by atoms with van der Waals surface area (Å²) in [5, 5.41) is 21.4. The second-order valence-electron chi connectivity index (χ2n) is 5.41. The van der Waals surface area contributed by atoms with Crippen LogP contribution in [0.25, 0.3) is 0 Å². The Morgan fingerprint density at radius 3 is 2.60 bits per heavy atom. The van der Waals surface area contributed by atoms with Gasteiger partial charge in [-0.05, 0) is 36.1 Å². The van der Waals surface area contributed by atoms with Gasteiger partial charge >= 0.3 is 5.97 Å². The second-order valence-corrected chi connectivity index (χ2v) is 5.41. The zero-order valence-corrected chi connectivity index (χ0v) is 12.1. The van der Waals surface area contributed by atoms with Crippen LogP contribution in [-0.4, -0.2) is 44.5 Å². The predicted octanol–water partition coefficient (Wildman–Crippen LogP) is 1.46. The molecular weight excluding hydrogens is 260 g/mol. The number of hydrogen-bond donors (Lipinski definition) is 1. The first-order chi connectivity index (χ1) is 9.63. The zero-order valence-electron chi connectivity index (χ0n) is 12.1. The molecule has 0 radical (unpaired) electrons. The van der Waals surface area contributed by atoms with E-state index in [4.69, 9.17) is 4.74 Å². The van der Waals surface area contributed by atoms with E-state index >= 15 is 0 Å². The van der Waals surface area contributed by atoms with Crippen molar-refractivity contribution in [3.63, 3.8) is 0 Å². The smallest absolute Gasteiger partial charge is 0.311 e. The molecule has 1 aliphatic heterocycles. The van der Waals surface area contributed by atoms with E-state index < -0.39 is 11.4 Å². The van der Waals surface area contributed by atoms with Crippen molar-refractivity contribution in [2.75, 3.05) is 13.2 Å². The highest BCUT2D eigenvalue weighted by Crippen LogP contribution is 2.33. The van der Waals surface area contributed by atoms with Crippen LogP contribution in [0.2, 0.25) is 0 Å². The number of ether oxygens (including phenoxy) is 1. The van der Waals surface area contributed by atoms with Gasteiger partial charge in [0.15, 0.2) is 5.82 Å². The molecule has 0 atom stereocenters. The highest BCUT2D eigenvalue weighted by atomic mass is 16.5. The van der Waals surface area contributed by atoms with E-state index in [1.165, 1.54) is 0 Å². The number of tetrazole rings is 1. The van der Waals surface area contributed by atoms with E-state index in [0.29, 0.717) is 32.6 Å². The molecule has 1 fully saturated rings. The number of carboxylic acids is 1. The Morgan fingerprint density at radius 1 is 1.40 bits per heavy atom. The normalized spacial score (nSPS) is 18.4. The van der Waals surface area contributed by atoms with Crippen molar-refractivity contribution in [3.8, 4) is 0 Å². The summed E-state index contributed by atoms with van der Waals surface area (Å²) in [6, 6.07) is 0. The third-order valence-electron chi connectivity index (χ3n) is 4.27. The van der Waals surface area contributed by atoms with Gasteiger partial charge in [-0.25, -0.2) is 4.68 Å². The summed E-state index contributed by atoms with van der Waals surface area (Å²) >= 11 is 0. The van der Waals surface area contributed by atoms with Crippen molar-refractivity contribution < 1.29 is 14.6 Å². The second kappa shape index (κ2) is 6.30. The summed E-state index contributed by atoms with van der Waals surface area (Å²) in [6.07, 6.45) is 2.90. The molecule has 112 valence electrons. The molecule has 0 aliphatic carbocycles. The van der Waals surface area contributed by atoms with Gasteiger partial charge in [-0.3, -0.25) is 4.79 Å². The lowest BCUT2D eigenvalue weighted by atomic mass is 9.80. The lowest BCUT2D eigenvalue weighted by molar-refractivity contribution is -0.156. The van der Waals surface area contributed by atoms with Crippen LogP contribution in [0, 0.1) is 5.41 Å². The van der Waals surface area contributed by atoms with E-state index in [0.717, 1.165) is 18.7 Å². The van der Waals surface area contributed by atoms with E-state index in [-0.39, 0.29) is 5.92 Å². The monoisotopic (exact) mass is 282 g/mol. The van der Waals surface area contributed by atoms with Gasteiger partial charge in [0.25, 0.3) is 0 Å². The Labute approximate surface area is 118 Å². The molecule has 0 saturated carbocycles. The van der Waals surface area contributed by atoms with Crippen LogP contribution in [0.15, 0.2) is 0 Å². The van der Waals surface area contributed by atoms with Crippen molar-refractivity contribution in [2.45, 2.75) is 52.0 Å². The fraction of sp³-hybridized carbons (Fsp3) is 0.846. The molecule has 2 rings (SSSR count). The van der Waals surface area contributed by atoms with Gasteiger partial charge < -0.3 is 9.84 Å². The molecule has 1 N–H and O–H groups in total. The number of aliphatic carboxylic acids is 1. The average molecular weight is 282 g/mol. The number of carboxylic acid groups (broad SMARTS) is 1. The highest BCUT2D eigenvalue weighted by molar-refractivity contribution is 5.74. The largest absolute Gasteiger partial charge is 0.481 e. The van der Waals surface area contributed by atoms with Gasteiger partial charge in [-0.1, -0.05) is 13.8 Å². The van der Waals surface area contributed by atoms with Gasteiger partial charge in [0.05, 0.1) is 12.0 Å². The van der Waals surface area contributed by atoms with Crippen molar-refractivity contribution in [1.29, 1.82) is 0 Å². The first-order valence-electron chi connectivity index (χ1n) is 7.20. The van der Waals surface area contributed by atoms with Crippen LogP contribution >= 0.6 is 0 Å². The topological polar surface area (TPSA) is 90.1 Å². The highest BCUT2D eigenvalue weighted by Gasteiger charge is 2.41. The number of aromatic nitrogens is 4. The summed E-state index contributed by atoms with van der Waals surface area (Å²) in [7, 11) is 0. The molecule has 1 aromatic heterocycles. The third kappa shape index (κ3) is 2.82. The molecule has 0 bridgehead atoms. The first-order valence-corrected chi connectivity index (χ1v) is 7.20. The summed E-state index contributed by atoms with van der Waals surface area (Å²) in [5.41, 5.74) is -0.811. The van der Waals surface area contributed by atoms with Crippen LogP contribution in [0.3, 0.4) is 0 Å². The summed E-state index contributed by atoms with van der Waals surface area (Å²) in [4.78, 5) is 11.7. The van der Waals surface area contributed by atoms with Gasteiger partial charge in [0, 0.05) is 19.1 Å². The van der Waals surface area contributed by atoms with Crippen molar-refractivity contribution >= 4 is 5.97 Å². The zero-order chi connectivity index (χ0) is 14.6. The summed E-state index contributed by atoms with van der Waals surface area (Å²) in [5.74, 6) is 0.282. The van der Waals surface area contributed by atoms with Gasteiger partial charge in [0.2, 0.25) is 0 Å². The SMILES string of the molecule is CCC(CC)c1nnnn1CC1(C(=O)O)CCOCC1. The molecule has 7 heteroatoms. The van der Waals surface area contributed by atoms with Gasteiger partial charge in [0.1, 0.15) is 0 Å². The minimum atomic E-state index is -0.811. The minimum absolute atomic E-state index is 0.274. The fourth-order valence-electron chi connectivity index (χ4n) is 2.76. The number of carbonyl (C=O) groups is 1. The molecule has 0 amide bonds. The van der Waals surface area contributed by atoms with E-state index in [1.807, 2.05) is 0 Å². The van der Waals surface area contributed by atoms with Crippen molar-refractivity contribution in [3.05, 3.63) is 5.82 Å². The maximum atomic E-state index is 11.7. The Kier molecular flexibility index (Phi) is 4.69. The first kappa shape index (κ1) is 14.9. The molecule has 0 spiro atoms. The third-order valence-corrected chi connectivity index (χ3v) is 4.27. The molecule has 0 aromatic carbocycles. The molecule has 1 aliphatic rings. The number of rotatable bonds is 6. The molecule has 1 aromatic rings. The van der Waals surface area contributed by atoms with Crippen LogP contribution < -0.4 is 0 Å². The number of hydrogen-bond acceptors (Lipinski definition) is 5. The van der Waals surface area contributed by atoms with Crippen LogP contribution in [0.1, 0.15) is 51.3 Å². The Balaban J connectivity index is 2.23.